The summed E-state index contributed by atoms with van der Waals surface area (Å²) in [4.78, 5) is 0. The number of methoxy groups -OCH3 is 1. The van der Waals surface area contributed by atoms with Gasteiger partial charge in [-0.25, -0.2) is 0 Å². The number of hydrazone groups is 1. The van der Waals surface area contributed by atoms with Crippen molar-refractivity contribution in [2.24, 2.45) is 5.10 Å². The molecular weight excluding hydrogens is 264 g/mol. The van der Waals surface area contributed by atoms with Crippen LogP contribution in [0.5, 0.6) is 11.5 Å². The summed E-state index contributed by atoms with van der Waals surface area (Å²) in [6.07, 6.45) is 0.753. The summed E-state index contributed by atoms with van der Waals surface area (Å²) < 4.78 is 5.17. The maximum Gasteiger partial charge on any atom is 0.124 e. The fourth-order valence-corrected chi connectivity index (χ4v) is 2.52. The van der Waals surface area contributed by atoms with Gasteiger partial charge in [0.1, 0.15) is 11.5 Å². The van der Waals surface area contributed by atoms with Gasteiger partial charge in [-0.1, -0.05) is 23.8 Å². The molecule has 108 valence electrons. The molecule has 1 atom stereocenters. The van der Waals surface area contributed by atoms with Crippen molar-refractivity contribution < 1.29 is 9.84 Å². The van der Waals surface area contributed by atoms with E-state index in [-0.39, 0.29) is 11.8 Å². The summed E-state index contributed by atoms with van der Waals surface area (Å²) in [5.74, 6) is 1.12. The molecule has 1 aliphatic heterocycles. The lowest BCUT2D eigenvalue weighted by Crippen LogP contribution is -2.09. The Morgan fingerprint density at radius 1 is 1.19 bits per heavy atom. The fraction of sp³-hybridized carbons (Fsp3) is 0.235. The van der Waals surface area contributed by atoms with Gasteiger partial charge in [0, 0.05) is 12.0 Å². The molecule has 2 N–H and O–H groups in total. The molecule has 0 saturated carbocycles. The lowest BCUT2D eigenvalue weighted by atomic mass is 9.97. The van der Waals surface area contributed by atoms with Crippen LogP contribution in [0.4, 0.5) is 0 Å². The number of phenolic OH excluding ortho intramolecular Hbond substituents is 1. The number of phenols is 1. The highest BCUT2D eigenvalue weighted by molar-refractivity contribution is 6.04. The van der Waals surface area contributed by atoms with Gasteiger partial charge in [0.25, 0.3) is 0 Å². The normalized spacial score (nSPS) is 17.2. The molecule has 2 aromatic carbocycles. The number of aromatic hydroxyl groups is 1. The second kappa shape index (κ2) is 5.48. The molecule has 0 fully saturated rings. The monoisotopic (exact) mass is 282 g/mol. The molecule has 0 saturated heterocycles. The van der Waals surface area contributed by atoms with Crippen LogP contribution in [0.25, 0.3) is 0 Å². The number of ether oxygens (including phenoxy) is 1. The molecule has 0 amide bonds. The minimum atomic E-state index is 0.130. The molecule has 0 radical (unpaired) electrons. The van der Waals surface area contributed by atoms with Crippen molar-refractivity contribution in [1.29, 1.82) is 0 Å². The van der Waals surface area contributed by atoms with Crippen molar-refractivity contribution in [1.82, 2.24) is 5.43 Å². The Bertz CT molecular complexity index is 678. The molecule has 0 unspecified atom stereocenters. The third kappa shape index (κ3) is 2.70. The first kappa shape index (κ1) is 13.5. The highest BCUT2D eigenvalue weighted by atomic mass is 16.5. The minimum Gasteiger partial charge on any atom is -0.507 e. The molecule has 0 spiro atoms. The van der Waals surface area contributed by atoms with Gasteiger partial charge in [0.05, 0.1) is 18.9 Å². The van der Waals surface area contributed by atoms with Crippen molar-refractivity contribution in [3.63, 3.8) is 0 Å². The molecule has 0 aromatic heterocycles. The topological polar surface area (TPSA) is 53.9 Å². The Morgan fingerprint density at radius 2 is 1.95 bits per heavy atom. The summed E-state index contributed by atoms with van der Waals surface area (Å²) >= 11 is 0. The number of rotatable bonds is 3. The Hall–Kier alpha value is -2.49. The smallest absolute Gasteiger partial charge is 0.124 e. The van der Waals surface area contributed by atoms with Gasteiger partial charge >= 0.3 is 0 Å². The van der Waals surface area contributed by atoms with Crippen molar-refractivity contribution in [3.05, 3.63) is 59.2 Å². The standard InChI is InChI=1S/C17H18N2O2/c1-11-3-8-17(20)14(9-11)16-10-15(18-19-16)12-4-6-13(21-2)7-5-12/h3-9,15,18,20H,10H2,1-2H3/t15-/m0/s1. The average molecular weight is 282 g/mol. The first-order chi connectivity index (χ1) is 10.2. The van der Waals surface area contributed by atoms with E-state index in [1.807, 2.05) is 43.3 Å². The number of nitrogens with one attached hydrogen (secondary N) is 1. The minimum absolute atomic E-state index is 0.130. The Kier molecular flexibility index (Phi) is 3.52. The zero-order chi connectivity index (χ0) is 14.8. The van der Waals surface area contributed by atoms with Crippen LogP contribution in [0.3, 0.4) is 0 Å². The molecule has 21 heavy (non-hydrogen) atoms. The second-order valence-corrected chi connectivity index (χ2v) is 5.24. The van der Waals surface area contributed by atoms with E-state index in [1.165, 1.54) is 0 Å². The van der Waals surface area contributed by atoms with E-state index in [9.17, 15) is 5.11 Å². The van der Waals surface area contributed by atoms with E-state index in [4.69, 9.17) is 4.74 Å². The number of benzene rings is 2. The van der Waals surface area contributed by atoms with E-state index < -0.39 is 0 Å². The molecule has 1 heterocycles. The van der Waals surface area contributed by atoms with E-state index in [1.54, 1.807) is 13.2 Å². The van der Waals surface area contributed by atoms with Gasteiger partial charge in [0.15, 0.2) is 0 Å². The van der Waals surface area contributed by atoms with Crippen LogP contribution in [-0.4, -0.2) is 17.9 Å². The SMILES string of the molecule is COc1ccc([C@@H]2CC(c3cc(C)ccc3O)=NN2)cc1. The largest absolute Gasteiger partial charge is 0.507 e. The Morgan fingerprint density at radius 3 is 2.67 bits per heavy atom. The van der Waals surface area contributed by atoms with Crippen LogP contribution >= 0.6 is 0 Å². The molecule has 1 aliphatic rings. The number of aryl methyl sites for hydroxylation is 1. The van der Waals surface area contributed by atoms with E-state index in [0.29, 0.717) is 0 Å². The molecule has 4 heteroatoms. The van der Waals surface area contributed by atoms with Gasteiger partial charge in [-0.15, -0.1) is 0 Å². The predicted octanol–water partition coefficient (Wildman–Crippen LogP) is 3.15. The predicted molar refractivity (Wildman–Crippen MR) is 82.9 cm³/mol. The third-order valence-corrected chi connectivity index (χ3v) is 3.73. The lowest BCUT2D eigenvalue weighted by Gasteiger charge is -2.11. The molecule has 3 rings (SSSR count). The number of hydrogen-bond acceptors (Lipinski definition) is 4. The summed E-state index contributed by atoms with van der Waals surface area (Å²) in [7, 11) is 1.66. The van der Waals surface area contributed by atoms with Gasteiger partial charge in [-0.2, -0.15) is 5.10 Å². The maximum absolute atomic E-state index is 10.00. The Balaban J connectivity index is 1.79. The van der Waals surface area contributed by atoms with E-state index in [2.05, 4.69) is 10.5 Å². The van der Waals surface area contributed by atoms with E-state index in [0.717, 1.165) is 34.6 Å². The summed E-state index contributed by atoms with van der Waals surface area (Å²) in [6, 6.07) is 13.7. The van der Waals surface area contributed by atoms with Crippen LogP contribution in [0.15, 0.2) is 47.6 Å². The summed E-state index contributed by atoms with van der Waals surface area (Å²) in [5, 5.41) is 14.4. The first-order valence-electron chi connectivity index (χ1n) is 6.93. The van der Waals surface area contributed by atoms with Gasteiger partial charge < -0.3 is 15.3 Å². The zero-order valence-corrected chi connectivity index (χ0v) is 12.1. The Labute approximate surface area is 124 Å². The number of nitrogens with zero attached hydrogens (tertiary/aromatic N) is 1. The average Bonchev–Trinajstić information content (AvgIpc) is 2.99. The highest BCUT2D eigenvalue weighted by Gasteiger charge is 2.23. The molecule has 0 bridgehead atoms. The quantitative estimate of drug-likeness (QED) is 0.909. The van der Waals surface area contributed by atoms with Crippen molar-refractivity contribution in [3.8, 4) is 11.5 Å². The summed E-state index contributed by atoms with van der Waals surface area (Å²) in [6.45, 7) is 2.01. The van der Waals surface area contributed by atoms with Crippen LogP contribution in [-0.2, 0) is 0 Å². The maximum atomic E-state index is 10.00. The van der Waals surface area contributed by atoms with Crippen molar-refractivity contribution in [2.45, 2.75) is 19.4 Å². The lowest BCUT2D eigenvalue weighted by molar-refractivity contribution is 0.414. The first-order valence-corrected chi connectivity index (χ1v) is 6.93. The van der Waals surface area contributed by atoms with Gasteiger partial charge in [-0.05, 0) is 36.8 Å². The molecule has 0 aliphatic carbocycles. The molecular formula is C17H18N2O2. The van der Waals surface area contributed by atoms with Crippen LogP contribution < -0.4 is 10.2 Å². The van der Waals surface area contributed by atoms with Crippen molar-refractivity contribution >= 4 is 5.71 Å². The van der Waals surface area contributed by atoms with E-state index >= 15 is 0 Å². The molecule has 4 nitrogen and oxygen atoms in total. The summed E-state index contributed by atoms with van der Waals surface area (Å²) in [5.41, 5.74) is 7.10. The number of hydrogen-bond donors (Lipinski definition) is 2. The zero-order valence-electron chi connectivity index (χ0n) is 12.1. The van der Waals surface area contributed by atoms with Crippen LogP contribution in [0, 0.1) is 6.92 Å². The molecule has 2 aromatic rings. The van der Waals surface area contributed by atoms with Gasteiger partial charge in [0.2, 0.25) is 0 Å². The van der Waals surface area contributed by atoms with Crippen LogP contribution in [0.1, 0.15) is 29.2 Å². The fourth-order valence-electron chi connectivity index (χ4n) is 2.52. The van der Waals surface area contributed by atoms with Crippen LogP contribution in [0.2, 0.25) is 0 Å². The highest BCUT2D eigenvalue weighted by Crippen LogP contribution is 2.29. The second-order valence-electron chi connectivity index (χ2n) is 5.24. The van der Waals surface area contributed by atoms with Gasteiger partial charge in [-0.3, -0.25) is 0 Å². The third-order valence-electron chi connectivity index (χ3n) is 3.73. The van der Waals surface area contributed by atoms with Crippen molar-refractivity contribution in [2.75, 3.05) is 7.11 Å².